The number of anilines is 1. The zero-order valence-electron chi connectivity index (χ0n) is 15.1. The number of amides is 2. The third-order valence-corrected chi connectivity index (χ3v) is 5.64. The lowest BCUT2D eigenvalue weighted by molar-refractivity contribution is -0.122. The summed E-state index contributed by atoms with van der Waals surface area (Å²) in [7, 11) is 0. The number of aryl methyl sites for hydroxylation is 1. The van der Waals surface area contributed by atoms with Crippen LogP contribution in [0, 0.1) is 5.92 Å². The predicted octanol–water partition coefficient (Wildman–Crippen LogP) is 3.64. The average molecular weight is 372 g/mol. The Morgan fingerprint density at radius 2 is 2.04 bits per heavy atom. The van der Waals surface area contributed by atoms with Crippen molar-refractivity contribution in [2.45, 2.75) is 33.1 Å². The Hall–Kier alpha value is -2.34. The number of fused-ring (bicyclic) bond motifs is 1. The minimum Gasteiger partial charge on any atom is -0.484 e. The van der Waals surface area contributed by atoms with Gasteiger partial charge in [-0.05, 0) is 68.0 Å². The molecule has 1 aliphatic carbocycles. The van der Waals surface area contributed by atoms with Crippen molar-refractivity contribution in [1.82, 2.24) is 5.32 Å². The van der Waals surface area contributed by atoms with Gasteiger partial charge in [-0.1, -0.05) is 6.92 Å². The molecule has 3 rings (SSSR count). The van der Waals surface area contributed by atoms with Crippen LogP contribution in [0.2, 0.25) is 0 Å². The first-order valence-electron chi connectivity index (χ1n) is 8.97. The molecule has 0 radical (unpaired) electrons. The molecule has 0 bridgehead atoms. The van der Waals surface area contributed by atoms with Crippen LogP contribution in [0.1, 0.15) is 40.4 Å². The van der Waals surface area contributed by atoms with Crippen LogP contribution in [-0.4, -0.2) is 25.0 Å². The van der Waals surface area contributed by atoms with Crippen molar-refractivity contribution in [3.63, 3.8) is 0 Å². The highest BCUT2D eigenvalue weighted by atomic mass is 32.1. The summed E-state index contributed by atoms with van der Waals surface area (Å²) in [5, 5.41) is 5.60. The van der Waals surface area contributed by atoms with Crippen LogP contribution in [0.3, 0.4) is 0 Å². The van der Waals surface area contributed by atoms with Gasteiger partial charge >= 0.3 is 0 Å². The number of hydrogen-bond donors (Lipinski definition) is 2. The first-order chi connectivity index (χ1) is 12.5. The maximum Gasteiger partial charge on any atom is 0.265 e. The van der Waals surface area contributed by atoms with E-state index in [9.17, 15) is 9.59 Å². The number of nitrogens with one attached hydrogen (secondary N) is 2. The molecule has 1 unspecified atom stereocenters. The van der Waals surface area contributed by atoms with Crippen molar-refractivity contribution in [1.29, 1.82) is 0 Å². The van der Waals surface area contributed by atoms with Gasteiger partial charge in [0.25, 0.3) is 11.8 Å². The zero-order chi connectivity index (χ0) is 18.5. The lowest BCUT2D eigenvalue weighted by atomic mass is 9.90. The van der Waals surface area contributed by atoms with Gasteiger partial charge < -0.3 is 15.4 Å². The minimum atomic E-state index is -0.152. The fraction of sp³-hybridized carbons (Fsp3) is 0.400. The van der Waals surface area contributed by atoms with E-state index in [-0.39, 0.29) is 18.4 Å². The SMILES string of the molecule is CCNC(=O)COc1ccc(NC(=O)c2cc3c(s2)CCC(C)C3)cc1. The van der Waals surface area contributed by atoms with Crippen LogP contribution in [0.15, 0.2) is 30.3 Å². The van der Waals surface area contributed by atoms with Crippen LogP contribution in [-0.2, 0) is 17.6 Å². The first-order valence-corrected chi connectivity index (χ1v) is 9.79. The molecule has 5 nitrogen and oxygen atoms in total. The average Bonchev–Trinajstić information content (AvgIpc) is 3.04. The van der Waals surface area contributed by atoms with Crippen LogP contribution in [0.4, 0.5) is 5.69 Å². The van der Waals surface area contributed by atoms with Crippen LogP contribution < -0.4 is 15.4 Å². The summed E-state index contributed by atoms with van der Waals surface area (Å²) >= 11 is 1.60. The summed E-state index contributed by atoms with van der Waals surface area (Å²) in [5.41, 5.74) is 2.04. The van der Waals surface area contributed by atoms with E-state index in [1.807, 2.05) is 13.0 Å². The zero-order valence-corrected chi connectivity index (χ0v) is 15.9. The Balaban J connectivity index is 1.57. The quantitative estimate of drug-likeness (QED) is 0.813. The predicted molar refractivity (Wildman–Crippen MR) is 104 cm³/mol. The Morgan fingerprint density at radius 3 is 2.77 bits per heavy atom. The maximum atomic E-state index is 12.5. The van der Waals surface area contributed by atoms with Gasteiger partial charge in [-0.25, -0.2) is 0 Å². The summed E-state index contributed by atoms with van der Waals surface area (Å²) in [6.45, 7) is 4.69. The first kappa shape index (κ1) is 18.5. The van der Waals surface area contributed by atoms with Gasteiger partial charge in [0.1, 0.15) is 5.75 Å². The molecule has 138 valence electrons. The van der Waals surface area contributed by atoms with E-state index in [2.05, 4.69) is 17.6 Å². The number of hydrogen-bond acceptors (Lipinski definition) is 4. The van der Waals surface area contributed by atoms with Gasteiger partial charge in [0, 0.05) is 17.1 Å². The normalized spacial score (nSPS) is 15.8. The van der Waals surface area contributed by atoms with Crippen LogP contribution in [0.25, 0.3) is 0 Å². The fourth-order valence-electron chi connectivity index (χ4n) is 3.04. The van der Waals surface area contributed by atoms with Crippen LogP contribution in [0.5, 0.6) is 5.75 Å². The molecular weight excluding hydrogens is 348 g/mol. The van der Waals surface area contributed by atoms with E-state index in [4.69, 9.17) is 4.74 Å². The van der Waals surface area contributed by atoms with E-state index in [1.54, 1.807) is 35.6 Å². The molecule has 1 aromatic carbocycles. The molecule has 1 aromatic heterocycles. The van der Waals surface area contributed by atoms with Crippen molar-refractivity contribution < 1.29 is 14.3 Å². The number of rotatable bonds is 6. The molecule has 1 heterocycles. The highest BCUT2D eigenvalue weighted by Gasteiger charge is 2.20. The molecule has 1 aliphatic rings. The molecule has 6 heteroatoms. The van der Waals surface area contributed by atoms with Gasteiger partial charge in [-0.15, -0.1) is 11.3 Å². The number of thiophene rings is 1. The van der Waals surface area contributed by atoms with Crippen molar-refractivity contribution in [3.05, 3.63) is 45.6 Å². The second-order valence-corrected chi connectivity index (χ2v) is 7.76. The summed E-state index contributed by atoms with van der Waals surface area (Å²) in [6.07, 6.45) is 3.34. The molecule has 0 saturated carbocycles. The number of ether oxygens (including phenoxy) is 1. The Bertz CT molecular complexity index is 783. The number of likely N-dealkylation sites (N-methyl/N-ethyl adjacent to an activating group) is 1. The molecule has 2 N–H and O–H groups in total. The van der Waals surface area contributed by atoms with E-state index < -0.39 is 0 Å². The molecular formula is C20H24N2O3S. The molecule has 1 atom stereocenters. The largest absolute Gasteiger partial charge is 0.484 e. The van der Waals surface area contributed by atoms with Crippen molar-refractivity contribution >= 4 is 28.8 Å². The molecule has 2 amide bonds. The molecule has 0 saturated heterocycles. The Morgan fingerprint density at radius 1 is 1.27 bits per heavy atom. The molecule has 2 aromatic rings. The summed E-state index contributed by atoms with van der Waals surface area (Å²) in [4.78, 5) is 26.0. The standard InChI is InChI=1S/C20H24N2O3S/c1-3-21-19(23)12-25-16-7-5-15(6-8-16)22-20(24)18-11-14-10-13(2)4-9-17(14)26-18/h5-8,11,13H,3-4,9-10,12H2,1-2H3,(H,21,23)(H,22,24). The van der Waals surface area contributed by atoms with Crippen molar-refractivity contribution in [2.24, 2.45) is 5.92 Å². The van der Waals surface area contributed by atoms with Crippen molar-refractivity contribution in [3.8, 4) is 5.75 Å². The number of benzene rings is 1. The second kappa shape index (κ2) is 8.36. The van der Waals surface area contributed by atoms with E-state index in [0.717, 1.165) is 17.7 Å². The third-order valence-electron chi connectivity index (χ3n) is 4.41. The van der Waals surface area contributed by atoms with Crippen LogP contribution >= 0.6 is 11.3 Å². The smallest absolute Gasteiger partial charge is 0.265 e. The van der Waals surface area contributed by atoms with Gasteiger partial charge in [0.15, 0.2) is 6.61 Å². The molecule has 0 spiro atoms. The van der Waals surface area contributed by atoms with Gasteiger partial charge in [0.2, 0.25) is 0 Å². The van der Waals surface area contributed by atoms with Crippen molar-refractivity contribution in [2.75, 3.05) is 18.5 Å². The molecule has 0 fully saturated rings. The topological polar surface area (TPSA) is 67.4 Å². The van der Waals surface area contributed by atoms with Gasteiger partial charge in [-0.3, -0.25) is 9.59 Å². The molecule has 0 aliphatic heterocycles. The van der Waals surface area contributed by atoms with E-state index >= 15 is 0 Å². The molecule has 26 heavy (non-hydrogen) atoms. The van der Waals surface area contributed by atoms with E-state index in [0.29, 0.717) is 23.9 Å². The monoisotopic (exact) mass is 372 g/mol. The van der Waals surface area contributed by atoms with Gasteiger partial charge in [-0.2, -0.15) is 0 Å². The number of carbonyl (C=O) groups is 2. The number of carbonyl (C=O) groups excluding carboxylic acids is 2. The highest BCUT2D eigenvalue weighted by molar-refractivity contribution is 7.14. The second-order valence-electron chi connectivity index (χ2n) is 6.63. The minimum absolute atomic E-state index is 0.0152. The third kappa shape index (κ3) is 4.64. The summed E-state index contributed by atoms with van der Waals surface area (Å²) < 4.78 is 5.41. The Labute approximate surface area is 157 Å². The van der Waals surface area contributed by atoms with Gasteiger partial charge in [0.05, 0.1) is 4.88 Å². The Kier molecular flexibility index (Phi) is 5.93. The summed E-state index contributed by atoms with van der Waals surface area (Å²) in [6, 6.07) is 9.09. The lowest BCUT2D eigenvalue weighted by Gasteiger charge is -2.16. The van der Waals surface area contributed by atoms with E-state index in [1.165, 1.54) is 16.9 Å². The lowest BCUT2D eigenvalue weighted by Crippen LogP contribution is -2.28. The summed E-state index contributed by atoms with van der Waals surface area (Å²) in [5.74, 6) is 1.06. The highest BCUT2D eigenvalue weighted by Crippen LogP contribution is 2.32. The maximum absolute atomic E-state index is 12.5. The fourth-order valence-corrected chi connectivity index (χ4v) is 4.15.